The molecule has 1 fully saturated rings. The van der Waals surface area contributed by atoms with Gasteiger partial charge in [0.15, 0.2) is 15.8 Å². The zero-order chi connectivity index (χ0) is 22.5. The lowest BCUT2D eigenvalue weighted by atomic mass is 10.1. The van der Waals surface area contributed by atoms with Gasteiger partial charge in [-0.3, -0.25) is 15.0 Å². The van der Waals surface area contributed by atoms with E-state index in [1.807, 2.05) is 19.9 Å². The van der Waals surface area contributed by atoms with Crippen molar-refractivity contribution in [3.63, 3.8) is 0 Å². The Bertz CT molecular complexity index is 1040. The summed E-state index contributed by atoms with van der Waals surface area (Å²) in [4.78, 5) is 25.6. The van der Waals surface area contributed by atoms with E-state index in [2.05, 4.69) is 5.43 Å². The van der Waals surface area contributed by atoms with Crippen molar-refractivity contribution < 1.29 is 19.1 Å². The molecule has 162 valence electrons. The van der Waals surface area contributed by atoms with E-state index in [1.165, 1.54) is 0 Å². The van der Waals surface area contributed by atoms with Crippen LogP contribution in [-0.2, 0) is 4.79 Å². The topological polar surface area (TPSA) is 67.9 Å². The molecule has 1 aliphatic heterocycles. The van der Waals surface area contributed by atoms with E-state index in [-0.39, 0.29) is 10.4 Å². The lowest BCUT2D eigenvalue weighted by Crippen LogP contribution is -2.44. The Labute approximate surface area is 195 Å². The zero-order valence-electron chi connectivity index (χ0n) is 17.2. The van der Waals surface area contributed by atoms with Crippen LogP contribution in [0.1, 0.15) is 36.2 Å². The molecule has 1 atom stereocenters. The van der Waals surface area contributed by atoms with Gasteiger partial charge in [-0.1, -0.05) is 36.4 Å². The molecule has 2 amide bonds. The third kappa shape index (κ3) is 5.58. The van der Waals surface area contributed by atoms with Gasteiger partial charge in [0.1, 0.15) is 0 Å². The fraction of sp³-hybridized carbons (Fsp3) is 0.227. The third-order valence-electron chi connectivity index (χ3n) is 4.50. The van der Waals surface area contributed by atoms with Gasteiger partial charge in [0, 0.05) is 10.6 Å². The summed E-state index contributed by atoms with van der Waals surface area (Å²) < 4.78 is 11.5. The molecule has 1 saturated heterocycles. The van der Waals surface area contributed by atoms with Crippen LogP contribution in [0.3, 0.4) is 0 Å². The van der Waals surface area contributed by atoms with E-state index < -0.39 is 11.8 Å². The monoisotopic (exact) mass is 476 g/mol. The van der Waals surface area contributed by atoms with Crippen molar-refractivity contribution in [1.29, 1.82) is 0 Å². The first-order valence-corrected chi connectivity index (χ1v) is 11.1. The van der Waals surface area contributed by atoms with Crippen molar-refractivity contribution in [2.45, 2.75) is 26.4 Å². The number of nitrogens with zero attached hydrogens (tertiary/aromatic N) is 1. The number of halogens is 1. The van der Waals surface area contributed by atoms with Gasteiger partial charge in [-0.15, -0.1) is 0 Å². The molecule has 0 radical (unpaired) electrons. The molecule has 0 spiro atoms. The summed E-state index contributed by atoms with van der Waals surface area (Å²) in [6.07, 6.45) is 2.62. The normalized spacial score (nSPS) is 15.9. The van der Waals surface area contributed by atoms with Crippen LogP contribution in [0, 0.1) is 0 Å². The van der Waals surface area contributed by atoms with Crippen molar-refractivity contribution in [2.75, 3.05) is 7.11 Å². The Kier molecular flexibility index (Phi) is 7.59. The number of ether oxygens (including phenoxy) is 2. The molecule has 0 saturated carbocycles. The molecule has 6 nitrogen and oxygen atoms in total. The Morgan fingerprint density at radius 2 is 1.97 bits per heavy atom. The first kappa shape index (κ1) is 23.1. The van der Waals surface area contributed by atoms with Crippen LogP contribution in [0.5, 0.6) is 11.5 Å². The largest absolute Gasteiger partial charge is 0.493 e. The smallest absolute Gasteiger partial charge is 0.285 e. The predicted molar refractivity (Wildman–Crippen MR) is 127 cm³/mol. The summed E-state index contributed by atoms with van der Waals surface area (Å²) in [7, 11) is 1.56. The summed E-state index contributed by atoms with van der Waals surface area (Å²) in [5.41, 5.74) is 3.66. The molecule has 0 bridgehead atoms. The summed E-state index contributed by atoms with van der Waals surface area (Å²) >= 11 is 12.2. The number of nitrogens with one attached hydrogen (secondary N) is 1. The number of thioether (sulfide) groups is 1. The molecular formula is C22H21ClN2O4S2. The van der Waals surface area contributed by atoms with Crippen molar-refractivity contribution in [3.05, 3.63) is 63.5 Å². The predicted octanol–water partition coefficient (Wildman–Crippen LogP) is 5.07. The van der Waals surface area contributed by atoms with Crippen LogP contribution in [0.2, 0.25) is 5.02 Å². The number of hydrogen-bond donors (Lipinski definition) is 1. The van der Waals surface area contributed by atoms with Gasteiger partial charge in [0.2, 0.25) is 0 Å². The zero-order valence-corrected chi connectivity index (χ0v) is 19.6. The number of benzene rings is 2. The van der Waals surface area contributed by atoms with Gasteiger partial charge in [-0.05, 0) is 73.6 Å². The molecule has 1 N–H and O–H groups in total. The molecule has 3 rings (SSSR count). The maximum Gasteiger partial charge on any atom is 0.285 e. The van der Waals surface area contributed by atoms with Crippen LogP contribution in [0.4, 0.5) is 0 Å². The highest BCUT2D eigenvalue weighted by molar-refractivity contribution is 8.26. The van der Waals surface area contributed by atoms with Crippen LogP contribution < -0.4 is 14.9 Å². The number of thiocarbonyl (C=S) groups is 1. The molecule has 1 heterocycles. The number of carbonyl (C=O) groups is 2. The van der Waals surface area contributed by atoms with E-state index in [1.54, 1.807) is 49.6 Å². The number of carbonyl (C=O) groups excluding carboxylic acids is 2. The minimum atomic E-state index is -0.456. The summed E-state index contributed by atoms with van der Waals surface area (Å²) in [6.45, 7) is 4.02. The van der Waals surface area contributed by atoms with Crippen LogP contribution in [-0.4, -0.2) is 34.4 Å². The number of amides is 2. The molecule has 0 unspecified atom stereocenters. The van der Waals surface area contributed by atoms with Crippen molar-refractivity contribution in [2.24, 2.45) is 0 Å². The van der Waals surface area contributed by atoms with Gasteiger partial charge < -0.3 is 9.47 Å². The second kappa shape index (κ2) is 10.2. The number of methoxy groups -OCH3 is 1. The number of rotatable bonds is 7. The van der Waals surface area contributed by atoms with Gasteiger partial charge in [0.25, 0.3) is 11.8 Å². The Hall–Kier alpha value is -2.55. The molecular weight excluding hydrogens is 456 g/mol. The quantitative estimate of drug-likeness (QED) is 0.444. The summed E-state index contributed by atoms with van der Waals surface area (Å²) in [6, 6.07) is 11.8. The first-order chi connectivity index (χ1) is 14.8. The summed E-state index contributed by atoms with van der Waals surface area (Å²) in [5, 5.41) is 1.58. The maximum atomic E-state index is 12.8. The van der Waals surface area contributed by atoms with Crippen molar-refractivity contribution in [1.82, 2.24) is 10.4 Å². The molecule has 1 aliphatic rings. The van der Waals surface area contributed by atoms with E-state index in [4.69, 9.17) is 33.3 Å². The Balaban J connectivity index is 1.76. The lowest BCUT2D eigenvalue weighted by molar-refractivity contribution is -0.123. The Morgan fingerprint density at radius 1 is 1.26 bits per heavy atom. The third-order valence-corrected chi connectivity index (χ3v) is 6.06. The van der Waals surface area contributed by atoms with Crippen LogP contribution >= 0.6 is 35.6 Å². The number of hydrazine groups is 1. The van der Waals surface area contributed by atoms with Gasteiger partial charge in [-0.25, -0.2) is 0 Å². The molecule has 0 aliphatic carbocycles. The Morgan fingerprint density at radius 3 is 2.61 bits per heavy atom. The standard InChI is InChI=1S/C22H21ClN2O4S2/c1-4-13(2)29-17-10-5-14(11-18(17)28-3)12-19-21(27)25(22(30)31-19)24-20(26)15-6-8-16(23)9-7-15/h5-13H,4H2,1-3H3,(H,24,26)/b19-12-/t13-/m1/s1. The molecule has 2 aromatic carbocycles. The van der Waals surface area contributed by atoms with E-state index >= 15 is 0 Å². The molecule has 9 heteroatoms. The minimum absolute atomic E-state index is 0.0558. The second-order valence-corrected chi connectivity index (χ2v) is 8.82. The molecule has 0 aromatic heterocycles. The van der Waals surface area contributed by atoms with Crippen molar-refractivity contribution in [3.8, 4) is 11.5 Å². The van der Waals surface area contributed by atoms with Gasteiger partial charge in [0.05, 0.1) is 18.1 Å². The van der Waals surface area contributed by atoms with Crippen molar-refractivity contribution >= 4 is 57.8 Å². The van der Waals surface area contributed by atoms with Gasteiger partial charge >= 0.3 is 0 Å². The minimum Gasteiger partial charge on any atom is -0.493 e. The SMILES string of the molecule is CC[C@@H](C)Oc1ccc(/C=C2\SC(=S)N(NC(=O)c3ccc(Cl)cc3)C2=O)cc1OC. The summed E-state index contributed by atoms with van der Waals surface area (Å²) in [5.74, 6) is 0.344. The lowest BCUT2D eigenvalue weighted by Gasteiger charge is -2.16. The van der Waals surface area contributed by atoms with E-state index in [0.29, 0.717) is 27.0 Å². The fourth-order valence-corrected chi connectivity index (χ4v) is 3.96. The average molecular weight is 477 g/mol. The van der Waals surface area contributed by atoms with Crippen LogP contribution in [0.25, 0.3) is 6.08 Å². The molecule has 2 aromatic rings. The molecule has 31 heavy (non-hydrogen) atoms. The van der Waals surface area contributed by atoms with Gasteiger partial charge in [-0.2, -0.15) is 5.01 Å². The number of hydrogen-bond acceptors (Lipinski definition) is 6. The van der Waals surface area contributed by atoms with Crippen LogP contribution in [0.15, 0.2) is 47.4 Å². The second-order valence-electron chi connectivity index (χ2n) is 6.71. The average Bonchev–Trinajstić information content (AvgIpc) is 3.02. The highest BCUT2D eigenvalue weighted by Gasteiger charge is 2.33. The highest BCUT2D eigenvalue weighted by Crippen LogP contribution is 2.34. The highest BCUT2D eigenvalue weighted by atomic mass is 35.5. The maximum absolute atomic E-state index is 12.8. The first-order valence-electron chi connectivity index (χ1n) is 9.51. The van der Waals surface area contributed by atoms with E-state index in [0.717, 1.165) is 28.8 Å². The van der Waals surface area contributed by atoms with E-state index in [9.17, 15) is 9.59 Å². The fourth-order valence-electron chi connectivity index (χ4n) is 2.65.